The van der Waals surface area contributed by atoms with E-state index in [1.165, 1.54) is 59.4 Å². The highest BCUT2D eigenvalue weighted by atomic mass is 19.1. The zero-order chi connectivity index (χ0) is 25.8. The molecule has 1 aliphatic rings. The van der Waals surface area contributed by atoms with Gasteiger partial charge in [-0.3, -0.25) is 19.6 Å². The number of nitro groups is 1. The van der Waals surface area contributed by atoms with Gasteiger partial charge in [-0.15, -0.1) is 0 Å². The third-order valence-electron chi connectivity index (χ3n) is 5.97. The molecule has 12 heteroatoms. The molecule has 3 N–H and O–H groups in total. The van der Waals surface area contributed by atoms with Crippen LogP contribution in [-0.4, -0.2) is 32.7 Å². The number of nitrogens with zero attached hydrogens (tertiary/aromatic N) is 4. The number of halogens is 1. The van der Waals surface area contributed by atoms with E-state index in [4.69, 9.17) is 10.5 Å². The van der Waals surface area contributed by atoms with Gasteiger partial charge in [0.2, 0.25) is 0 Å². The lowest BCUT2D eigenvalue weighted by Gasteiger charge is -2.32. The summed E-state index contributed by atoms with van der Waals surface area (Å²) < 4.78 is 20.2. The van der Waals surface area contributed by atoms with Crippen LogP contribution in [-0.2, 0) is 4.74 Å². The second-order valence-corrected chi connectivity index (χ2v) is 8.29. The normalized spacial score (nSPS) is 19.2. The first-order valence-corrected chi connectivity index (χ1v) is 11.0. The topological polar surface area (TPSA) is 166 Å². The highest BCUT2D eigenvalue weighted by Crippen LogP contribution is 2.36. The number of hydrogen-bond acceptors (Lipinski definition) is 8. The van der Waals surface area contributed by atoms with Crippen LogP contribution >= 0.6 is 0 Å². The molecule has 11 nitrogen and oxygen atoms in total. The van der Waals surface area contributed by atoms with Crippen molar-refractivity contribution >= 4 is 29.1 Å². The van der Waals surface area contributed by atoms with Gasteiger partial charge in [0.05, 0.1) is 23.0 Å². The summed E-state index contributed by atoms with van der Waals surface area (Å²) in [6.07, 6.45) is 1.77. The highest BCUT2D eigenvalue weighted by Gasteiger charge is 2.36. The van der Waals surface area contributed by atoms with E-state index in [2.05, 4.69) is 16.5 Å². The molecule has 1 aromatic heterocycles. The van der Waals surface area contributed by atoms with Crippen molar-refractivity contribution in [2.75, 3.05) is 5.32 Å². The number of nitrogens with one attached hydrogen (secondary N) is 1. The average molecular weight is 492 g/mol. The molecule has 0 saturated heterocycles. The van der Waals surface area contributed by atoms with Gasteiger partial charge in [-0.25, -0.2) is 9.18 Å². The molecule has 0 radical (unpaired) electrons. The number of nitriles is 1. The predicted molar refractivity (Wildman–Crippen MR) is 125 cm³/mol. The molecule has 0 aliphatic heterocycles. The van der Waals surface area contributed by atoms with Gasteiger partial charge in [0.15, 0.2) is 5.82 Å². The van der Waals surface area contributed by atoms with Crippen LogP contribution in [0.25, 0.3) is 0 Å². The first-order valence-electron chi connectivity index (χ1n) is 11.0. The smallest absolute Gasteiger partial charge is 0.345 e. The molecule has 1 amide bonds. The van der Waals surface area contributed by atoms with E-state index in [0.717, 1.165) is 0 Å². The molecule has 184 valence electrons. The Morgan fingerprint density at radius 3 is 2.58 bits per heavy atom. The third-order valence-corrected chi connectivity index (χ3v) is 5.97. The monoisotopic (exact) mass is 492 g/mol. The van der Waals surface area contributed by atoms with E-state index in [0.29, 0.717) is 18.5 Å². The Hall–Kier alpha value is -4.79. The first kappa shape index (κ1) is 24.3. The summed E-state index contributed by atoms with van der Waals surface area (Å²) in [5, 5.41) is 28.4. The number of benzene rings is 2. The quantitative estimate of drug-likeness (QED) is 0.285. The van der Waals surface area contributed by atoms with Crippen molar-refractivity contribution in [3.8, 4) is 6.07 Å². The first-order chi connectivity index (χ1) is 17.3. The number of carbonyl (C=O) groups is 2. The maximum Gasteiger partial charge on any atom is 0.345 e. The molecule has 4 rings (SSSR count). The summed E-state index contributed by atoms with van der Waals surface area (Å²) in [4.78, 5) is 35.1. The van der Waals surface area contributed by atoms with Crippen LogP contribution in [0.15, 0.2) is 54.7 Å². The standard InChI is InChI=1S/C24H21FN6O5/c25-15-5-7-16(8-6-15)28-23-19(22(27)32)13-30(29-23)20-10-9-17(11-14(20)12-26)36-24(33)18-3-1-2-4-21(18)31(34)35/h1-8,13-14,17,20H,9-11H2,(H2,27,32)(H,28,29)/t14-,17+,20+/m1/s1. The van der Waals surface area contributed by atoms with Crippen molar-refractivity contribution < 1.29 is 23.6 Å². The average Bonchev–Trinajstić information content (AvgIpc) is 3.29. The molecule has 1 saturated carbocycles. The Morgan fingerprint density at radius 2 is 1.92 bits per heavy atom. The minimum Gasteiger partial charge on any atom is -0.459 e. The molecule has 3 atom stereocenters. The van der Waals surface area contributed by atoms with E-state index in [-0.39, 0.29) is 29.1 Å². The molecular weight excluding hydrogens is 471 g/mol. The van der Waals surface area contributed by atoms with Gasteiger partial charge in [-0.1, -0.05) is 12.1 Å². The van der Waals surface area contributed by atoms with Crippen LogP contribution in [0, 0.1) is 33.2 Å². The van der Waals surface area contributed by atoms with Crippen LogP contribution in [0.1, 0.15) is 46.0 Å². The third kappa shape index (κ3) is 5.15. The summed E-state index contributed by atoms with van der Waals surface area (Å²) in [6, 6.07) is 12.7. The summed E-state index contributed by atoms with van der Waals surface area (Å²) in [5.74, 6) is -2.44. The van der Waals surface area contributed by atoms with E-state index >= 15 is 0 Å². The van der Waals surface area contributed by atoms with E-state index in [1.54, 1.807) is 0 Å². The summed E-state index contributed by atoms with van der Waals surface area (Å²) in [6.45, 7) is 0. The van der Waals surface area contributed by atoms with Crippen molar-refractivity contribution in [2.24, 2.45) is 11.7 Å². The summed E-state index contributed by atoms with van der Waals surface area (Å²) in [7, 11) is 0. The van der Waals surface area contributed by atoms with Gasteiger partial charge in [-0.05, 0) is 43.2 Å². The lowest BCUT2D eigenvalue weighted by Crippen LogP contribution is -2.32. The molecule has 36 heavy (non-hydrogen) atoms. The number of ether oxygens (including phenoxy) is 1. The number of nitro benzene ring substituents is 1. The van der Waals surface area contributed by atoms with Crippen molar-refractivity contribution in [1.29, 1.82) is 5.26 Å². The highest BCUT2D eigenvalue weighted by molar-refractivity contribution is 5.98. The van der Waals surface area contributed by atoms with Crippen LogP contribution in [0.2, 0.25) is 0 Å². The number of carbonyl (C=O) groups excluding carboxylic acids is 2. The van der Waals surface area contributed by atoms with Gasteiger partial charge in [0, 0.05) is 24.4 Å². The number of aromatic nitrogens is 2. The number of nitrogens with two attached hydrogens (primary N) is 1. The van der Waals surface area contributed by atoms with Gasteiger partial charge >= 0.3 is 5.97 Å². The Bertz CT molecular complexity index is 1350. The molecule has 2 aromatic carbocycles. The fourth-order valence-electron chi connectivity index (χ4n) is 4.20. The maximum atomic E-state index is 13.2. The zero-order valence-corrected chi connectivity index (χ0v) is 18.8. The fraction of sp³-hybridized carbons (Fsp3) is 0.250. The van der Waals surface area contributed by atoms with Crippen LogP contribution in [0.4, 0.5) is 21.6 Å². The van der Waals surface area contributed by atoms with Crippen LogP contribution < -0.4 is 11.1 Å². The molecule has 0 bridgehead atoms. The molecule has 0 spiro atoms. The number of primary amides is 1. The fourth-order valence-corrected chi connectivity index (χ4v) is 4.20. The number of para-hydroxylation sites is 1. The van der Waals surface area contributed by atoms with Gasteiger partial charge in [0.1, 0.15) is 23.0 Å². The van der Waals surface area contributed by atoms with Gasteiger partial charge in [-0.2, -0.15) is 10.4 Å². The summed E-state index contributed by atoms with van der Waals surface area (Å²) >= 11 is 0. The molecule has 0 unspecified atom stereocenters. The number of hydrogen-bond donors (Lipinski definition) is 2. The lowest BCUT2D eigenvalue weighted by molar-refractivity contribution is -0.385. The van der Waals surface area contributed by atoms with E-state index in [1.807, 2.05) is 0 Å². The second-order valence-electron chi connectivity index (χ2n) is 8.29. The number of esters is 1. The molecule has 3 aromatic rings. The van der Waals surface area contributed by atoms with Crippen molar-refractivity contribution in [2.45, 2.75) is 31.4 Å². The number of anilines is 2. The van der Waals surface area contributed by atoms with E-state index in [9.17, 15) is 29.4 Å². The largest absolute Gasteiger partial charge is 0.459 e. The molecule has 1 heterocycles. The Labute approximate surface area is 204 Å². The SMILES string of the molecule is N#C[C@H]1C[C@@H](OC(=O)c2ccccc2[N+](=O)[O-])CC[C@@H]1n1cc(C(N)=O)c(Nc2ccc(F)cc2)n1. The predicted octanol–water partition coefficient (Wildman–Crippen LogP) is 3.86. The van der Waals surface area contributed by atoms with Gasteiger partial charge < -0.3 is 15.8 Å². The Kier molecular flexibility index (Phi) is 6.91. The Balaban J connectivity index is 1.50. The van der Waals surface area contributed by atoms with Crippen LogP contribution in [0.3, 0.4) is 0 Å². The van der Waals surface area contributed by atoms with Crippen molar-refractivity contribution in [3.63, 3.8) is 0 Å². The van der Waals surface area contributed by atoms with Gasteiger partial charge in [0.25, 0.3) is 11.6 Å². The maximum absolute atomic E-state index is 13.2. The molecular formula is C24H21FN6O5. The van der Waals surface area contributed by atoms with Crippen molar-refractivity contribution in [3.05, 3.63) is 81.8 Å². The second kappa shape index (κ2) is 10.2. The Morgan fingerprint density at radius 1 is 1.19 bits per heavy atom. The van der Waals surface area contributed by atoms with Crippen LogP contribution in [0.5, 0.6) is 0 Å². The summed E-state index contributed by atoms with van der Waals surface area (Å²) in [5.41, 5.74) is 5.58. The lowest BCUT2D eigenvalue weighted by atomic mass is 9.83. The minimum atomic E-state index is -0.830. The molecule has 1 aliphatic carbocycles. The molecule has 1 fully saturated rings. The minimum absolute atomic E-state index is 0.0981. The van der Waals surface area contributed by atoms with E-state index < -0.39 is 40.7 Å². The zero-order valence-electron chi connectivity index (χ0n) is 18.8. The number of amides is 1. The van der Waals surface area contributed by atoms with Crippen molar-refractivity contribution in [1.82, 2.24) is 9.78 Å². The number of rotatable bonds is 7.